The van der Waals surface area contributed by atoms with Gasteiger partial charge in [-0.05, 0) is 30.9 Å². The van der Waals surface area contributed by atoms with Crippen molar-refractivity contribution in [3.8, 4) is 0 Å². The lowest BCUT2D eigenvalue weighted by Gasteiger charge is -2.40. The number of ketones is 1. The van der Waals surface area contributed by atoms with Crippen LogP contribution in [0.3, 0.4) is 0 Å². The first-order chi connectivity index (χ1) is 10.2. The topological polar surface area (TPSA) is 41.6 Å². The van der Waals surface area contributed by atoms with Crippen LogP contribution in [0, 0.1) is 0 Å². The molecule has 1 spiro atoms. The quantitative estimate of drug-likeness (QED) is 0.855. The lowest BCUT2D eigenvalue weighted by atomic mass is 9.84. The summed E-state index contributed by atoms with van der Waals surface area (Å²) in [4.78, 5) is 13.9. The number of nitrogens with one attached hydrogen (secondary N) is 1. The number of carbonyl (C=O) groups is 1. The minimum absolute atomic E-state index is 0.0839. The predicted octanol–water partition coefficient (Wildman–Crippen LogP) is 1.91. The van der Waals surface area contributed by atoms with Crippen molar-refractivity contribution in [2.75, 3.05) is 13.1 Å². The lowest BCUT2D eigenvalue weighted by molar-refractivity contribution is -0.115. The summed E-state index contributed by atoms with van der Waals surface area (Å²) in [5, 5.41) is 3.27. The molecular weight excluding hydrogens is 264 g/mol. The van der Waals surface area contributed by atoms with Crippen molar-refractivity contribution in [1.82, 2.24) is 10.2 Å². The highest BCUT2D eigenvalue weighted by molar-refractivity contribution is 5.96. The van der Waals surface area contributed by atoms with Gasteiger partial charge in [0.1, 0.15) is 5.82 Å². The van der Waals surface area contributed by atoms with Crippen LogP contribution in [0.4, 0.5) is 0 Å². The highest BCUT2D eigenvalue weighted by atomic mass is 16.5. The van der Waals surface area contributed by atoms with Crippen molar-refractivity contribution in [3.63, 3.8) is 0 Å². The van der Waals surface area contributed by atoms with Gasteiger partial charge in [-0.3, -0.25) is 4.79 Å². The van der Waals surface area contributed by atoms with Crippen LogP contribution < -0.4 is 5.32 Å². The Morgan fingerprint density at radius 2 is 2.05 bits per heavy atom. The molecule has 0 aromatic heterocycles. The minimum atomic E-state index is -0.109. The number of nitrogens with zero attached hydrogens (tertiary/aromatic N) is 1. The smallest absolute Gasteiger partial charge is 0.181 e. The molecule has 21 heavy (non-hydrogen) atoms. The van der Waals surface area contributed by atoms with Gasteiger partial charge in [0, 0.05) is 19.2 Å². The maximum Gasteiger partial charge on any atom is 0.181 e. The largest absolute Gasteiger partial charge is 0.365 e. The molecule has 1 saturated heterocycles. The van der Waals surface area contributed by atoms with E-state index < -0.39 is 0 Å². The zero-order valence-corrected chi connectivity index (χ0v) is 12.3. The molecule has 0 bridgehead atoms. The van der Waals surface area contributed by atoms with E-state index >= 15 is 0 Å². The van der Waals surface area contributed by atoms with Crippen LogP contribution in [0.15, 0.2) is 36.2 Å². The van der Waals surface area contributed by atoms with Crippen LogP contribution in [-0.2, 0) is 21.7 Å². The van der Waals surface area contributed by atoms with Gasteiger partial charge in [-0.1, -0.05) is 24.3 Å². The molecule has 1 fully saturated rings. The molecule has 4 rings (SSSR count). The molecular formula is C17H20N2O2. The summed E-state index contributed by atoms with van der Waals surface area (Å²) >= 11 is 0. The third-order valence-corrected chi connectivity index (χ3v) is 4.99. The Hall–Kier alpha value is -1.81. The van der Waals surface area contributed by atoms with Crippen molar-refractivity contribution < 1.29 is 9.53 Å². The number of fused-ring (bicyclic) bond motifs is 2. The van der Waals surface area contributed by atoms with Gasteiger partial charge in [0.15, 0.2) is 5.78 Å². The Morgan fingerprint density at radius 1 is 1.29 bits per heavy atom. The molecule has 4 nitrogen and oxygen atoms in total. The van der Waals surface area contributed by atoms with Crippen LogP contribution >= 0.6 is 0 Å². The first-order valence-electron chi connectivity index (χ1n) is 7.67. The molecule has 0 radical (unpaired) electrons. The average molecular weight is 284 g/mol. The van der Waals surface area contributed by atoms with Gasteiger partial charge >= 0.3 is 0 Å². The highest BCUT2D eigenvalue weighted by Gasteiger charge is 2.43. The number of hydrogen-bond donors (Lipinski definition) is 1. The van der Waals surface area contributed by atoms with E-state index in [0.717, 1.165) is 38.4 Å². The summed E-state index contributed by atoms with van der Waals surface area (Å²) < 4.78 is 6.17. The van der Waals surface area contributed by atoms with Crippen molar-refractivity contribution in [2.45, 2.75) is 38.0 Å². The number of likely N-dealkylation sites (tertiary alicyclic amines) is 1. The summed E-state index contributed by atoms with van der Waals surface area (Å²) in [6, 6.07) is 8.47. The van der Waals surface area contributed by atoms with E-state index in [1.807, 2.05) is 6.92 Å². The first-order valence-corrected chi connectivity index (χ1v) is 7.67. The van der Waals surface area contributed by atoms with Gasteiger partial charge in [-0.25, -0.2) is 0 Å². The van der Waals surface area contributed by atoms with Gasteiger partial charge in [0.25, 0.3) is 0 Å². The number of benzene rings is 1. The Labute approximate surface area is 124 Å². The summed E-state index contributed by atoms with van der Waals surface area (Å²) in [5.74, 6) is 1.15. The van der Waals surface area contributed by atoms with E-state index in [0.29, 0.717) is 0 Å². The molecule has 1 N–H and O–H groups in total. The van der Waals surface area contributed by atoms with Gasteiger partial charge in [-0.2, -0.15) is 0 Å². The Morgan fingerprint density at radius 3 is 2.76 bits per heavy atom. The van der Waals surface area contributed by atoms with Crippen molar-refractivity contribution in [2.24, 2.45) is 0 Å². The molecule has 1 atom stereocenters. The fourth-order valence-electron chi connectivity index (χ4n) is 3.68. The highest BCUT2D eigenvalue weighted by Crippen LogP contribution is 2.44. The molecule has 0 aliphatic carbocycles. The molecule has 3 aliphatic rings. The Balaban J connectivity index is 1.51. The van der Waals surface area contributed by atoms with Gasteiger partial charge in [-0.15, -0.1) is 0 Å². The summed E-state index contributed by atoms with van der Waals surface area (Å²) in [6.07, 6.45) is 3.70. The zero-order chi connectivity index (χ0) is 14.4. The number of piperidine rings is 1. The SMILES string of the molecule is CC1NC(N2CCC3(CC2)OCc2ccccc23)=CC1=O. The molecule has 1 aromatic carbocycles. The van der Waals surface area contributed by atoms with Crippen molar-refractivity contribution in [3.05, 3.63) is 47.3 Å². The zero-order valence-electron chi connectivity index (χ0n) is 12.3. The van der Waals surface area contributed by atoms with Gasteiger partial charge < -0.3 is 15.0 Å². The molecule has 1 aromatic rings. The molecule has 0 saturated carbocycles. The Bertz CT molecular complexity index is 615. The number of rotatable bonds is 1. The first kappa shape index (κ1) is 12.9. The van der Waals surface area contributed by atoms with Gasteiger partial charge in [0.05, 0.1) is 18.2 Å². The van der Waals surface area contributed by atoms with E-state index in [4.69, 9.17) is 4.74 Å². The third-order valence-electron chi connectivity index (χ3n) is 4.99. The second-order valence-electron chi connectivity index (χ2n) is 6.23. The maximum absolute atomic E-state index is 11.7. The third kappa shape index (κ3) is 1.97. The van der Waals surface area contributed by atoms with E-state index in [9.17, 15) is 4.79 Å². The van der Waals surface area contributed by atoms with Crippen molar-refractivity contribution in [1.29, 1.82) is 0 Å². The van der Waals surface area contributed by atoms with Crippen molar-refractivity contribution >= 4 is 5.78 Å². The Kier molecular flexibility index (Phi) is 2.82. The number of carbonyl (C=O) groups excluding carboxylic acids is 1. The van der Waals surface area contributed by atoms with E-state index in [-0.39, 0.29) is 17.4 Å². The summed E-state index contributed by atoms with van der Waals surface area (Å²) in [6.45, 7) is 4.49. The monoisotopic (exact) mass is 284 g/mol. The predicted molar refractivity (Wildman–Crippen MR) is 79.4 cm³/mol. The minimum Gasteiger partial charge on any atom is -0.365 e. The normalized spacial score (nSPS) is 26.7. The molecule has 4 heteroatoms. The second-order valence-corrected chi connectivity index (χ2v) is 6.23. The molecule has 0 amide bonds. The fraction of sp³-hybridized carbons (Fsp3) is 0.471. The fourth-order valence-corrected chi connectivity index (χ4v) is 3.68. The van der Waals surface area contributed by atoms with E-state index in [2.05, 4.69) is 34.5 Å². The molecule has 3 heterocycles. The summed E-state index contributed by atoms with van der Waals surface area (Å²) in [5.41, 5.74) is 2.58. The molecule has 110 valence electrons. The van der Waals surface area contributed by atoms with Crippen LogP contribution in [0.25, 0.3) is 0 Å². The van der Waals surface area contributed by atoms with Crippen LogP contribution in [0.5, 0.6) is 0 Å². The lowest BCUT2D eigenvalue weighted by Crippen LogP contribution is -2.44. The maximum atomic E-state index is 11.7. The second kappa shape index (κ2) is 4.60. The molecule has 3 aliphatic heterocycles. The summed E-state index contributed by atoms with van der Waals surface area (Å²) in [7, 11) is 0. The standard InChI is InChI=1S/C17H20N2O2/c1-12-15(20)10-16(18-12)19-8-6-17(7-9-19)14-5-3-2-4-13(14)11-21-17/h2-5,10,12,18H,6-9,11H2,1H3. The molecule has 1 unspecified atom stereocenters. The van der Waals surface area contributed by atoms with E-state index in [1.165, 1.54) is 11.1 Å². The van der Waals surface area contributed by atoms with E-state index in [1.54, 1.807) is 6.08 Å². The number of ether oxygens (including phenoxy) is 1. The number of hydrogen-bond acceptors (Lipinski definition) is 4. The van der Waals surface area contributed by atoms with Crippen LogP contribution in [0.1, 0.15) is 30.9 Å². The van der Waals surface area contributed by atoms with Crippen LogP contribution in [0.2, 0.25) is 0 Å². The van der Waals surface area contributed by atoms with Crippen LogP contribution in [-0.4, -0.2) is 29.8 Å². The average Bonchev–Trinajstić information content (AvgIpc) is 3.03. The van der Waals surface area contributed by atoms with Gasteiger partial charge in [0.2, 0.25) is 0 Å².